The van der Waals surface area contributed by atoms with Gasteiger partial charge in [0.25, 0.3) is 0 Å². The van der Waals surface area contributed by atoms with Crippen LogP contribution in [-0.2, 0) is 6.54 Å². The molecule has 1 aromatic carbocycles. The minimum absolute atomic E-state index is 0.182. The van der Waals surface area contributed by atoms with Crippen LogP contribution >= 0.6 is 0 Å². The highest BCUT2D eigenvalue weighted by Crippen LogP contribution is 2.28. The smallest absolute Gasteiger partial charge is 0.0413 e. The first-order chi connectivity index (χ1) is 8.77. The van der Waals surface area contributed by atoms with Crippen LogP contribution in [0, 0.1) is 6.92 Å². The molecule has 108 valence electrons. The van der Waals surface area contributed by atoms with Crippen molar-refractivity contribution in [2.45, 2.75) is 66.1 Å². The molecule has 0 saturated carbocycles. The van der Waals surface area contributed by atoms with Crippen LogP contribution in [-0.4, -0.2) is 18.6 Å². The van der Waals surface area contributed by atoms with Gasteiger partial charge >= 0.3 is 0 Å². The number of aryl methyl sites for hydroxylation is 1. The third kappa shape index (κ3) is 4.24. The van der Waals surface area contributed by atoms with Crippen molar-refractivity contribution < 1.29 is 0 Å². The second-order valence-electron chi connectivity index (χ2n) is 6.39. The van der Waals surface area contributed by atoms with E-state index in [2.05, 4.69) is 77.0 Å². The van der Waals surface area contributed by atoms with E-state index >= 15 is 0 Å². The maximum atomic E-state index is 3.53. The van der Waals surface area contributed by atoms with Crippen LogP contribution in [0.25, 0.3) is 0 Å². The fraction of sp³-hybridized carbons (Fsp3) is 0.647. The molecule has 0 aliphatic carbocycles. The highest BCUT2D eigenvalue weighted by Gasteiger charge is 2.23. The molecule has 0 amide bonds. The van der Waals surface area contributed by atoms with Crippen LogP contribution in [0.3, 0.4) is 0 Å². The van der Waals surface area contributed by atoms with Gasteiger partial charge in [0.05, 0.1) is 0 Å². The molecular formula is C17H30N2. The zero-order valence-electron chi connectivity index (χ0n) is 13.7. The van der Waals surface area contributed by atoms with Crippen molar-refractivity contribution >= 4 is 5.69 Å². The summed E-state index contributed by atoms with van der Waals surface area (Å²) in [5.74, 6) is 0. The molecule has 0 aliphatic heterocycles. The summed E-state index contributed by atoms with van der Waals surface area (Å²) in [6.07, 6.45) is 1.13. The fourth-order valence-electron chi connectivity index (χ4n) is 2.06. The van der Waals surface area contributed by atoms with Crippen LogP contribution in [0.5, 0.6) is 0 Å². The standard InChI is InChI=1S/C17H30N2/c1-8-17(5,6)19(7)16-10-9-14(4)11-15(16)12-18-13(2)3/h9-11,13,18H,8,12H2,1-7H3. The summed E-state index contributed by atoms with van der Waals surface area (Å²) in [4.78, 5) is 2.41. The average Bonchev–Trinajstić information content (AvgIpc) is 2.35. The van der Waals surface area contributed by atoms with E-state index in [0.29, 0.717) is 6.04 Å². The van der Waals surface area contributed by atoms with Crippen molar-refractivity contribution in [3.8, 4) is 0 Å². The Bertz CT molecular complexity index is 408. The summed E-state index contributed by atoms with van der Waals surface area (Å²) < 4.78 is 0. The Morgan fingerprint density at radius 3 is 2.42 bits per heavy atom. The lowest BCUT2D eigenvalue weighted by Crippen LogP contribution is -2.41. The first-order valence-corrected chi connectivity index (χ1v) is 7.34. The molecule has 0 aromatic heterocycles. The average molecular weight is 262 g/mol. The van der Waals surface area contributed by atoms with Crippen LogP contribution in [0.2, 0.25) is 0 Å². The first-order valence-electron chi connectivity index (χ1n) is 7.34. The third-order valence-electron chi connectivity index (χ3n) is 4.07. The van der Waals surface area contributed by atoms with Crippen molar-refractivity contribution in [1.82, 2.24) is 5.32 Å². The monoisotopic (exact) mass is 262 g/mol. The highest BCUT2D eigenvalue weighted by molar-refractivity contribution is 5.56. The van der Waals surface area contributed by atoms with E-state index < -0.39 is 0 Å². The molecule has 0 unspecified atom stereocenters. The summed E-state index contributed by atoms with van der Waals surface area (Å²) in [6.45, 7) is 14.3. The van der Waals surface area contributed by atoms with Gasteiger partial charge in [-0.3, -0.25) is 0 Å². The molecule has 1 rings (SSSR count). The third-order valence-corrected chi connectivity index (χ3v) is 4.07. The topological polar surface area (TPSA) is 15.3 Å². The summed E-state index contributed by atoms with van der Waals surface area (Å²) in [5, 5.41) is 3.53. The maximum absolute atomic E-state index is 3.53. The minimum atomic E-state index is 0.182. The van der Waals surface area contributed by atoms with Gasteiger partial charge in [-0.15, -0.1) is 0 Å². The number of benzene rings is 1. The lowest BCUT2D eigenvalue weighted by atomic mass is 9.97. The zero-order valence-corrected chi connectivity index (χ0v) is 13.7. The van der Waals surface area contributed by atoms with E-state index in [0.717, 1.165) is 13.0 Å². The number of nitrogens with zero attached hydrogens (tertiary/aromatic N) is 1. The molecule has 0 saturated heterocycles. The molecule has 2 nitrogen and oxygen atoms in total. The lowest BCUT2D eigenvalue weighted by molar-refractivity contribution is 0.468. The van der Waals surface area contributed by atoms with E-state index in [1.165, 1.54) is 16.8 Å². The highest BCUT2D eigenvalue weighted by atomic mass is 15.2. The molecule has 2 heteroatoms. The number of rotatable bonds is 6. The molecule has 0 atom stereocenters. The Morgan fingerprint density at radius 2 is 1.89 bits per heavy atom. The second-order valence-corrected chi connectivity index (χ2v) is 6.39. The van der Waals surface area contributed by atoms with E-state index in [1.54, 1.807) is 0 Å². The van der Waals surface area contributed by atoms with Crippen LogP contribution in [0.1, 0.15) is 52.2 Å². The molecule has 1 aromatic rings. The van der Waals surface area contributed by atoms with Gasteiger partial charge in [-0.05, 0) is 38.8 Å². The lowest BCUT2D eigenvalue weighted by Gasteiger charge is -2.38. The first kappa shape index (κ1) is 16.0. The predicted octanol–water partition coefficient (Wildman–Crippen LogP) is 4.12. The largest absolute Gasteiger partial charge is 0.369 e. The number of hydrogen-bond acceptors (Lipinski definition) is 2. The van der Waals surface area contributed by atoms with Gasteiger partial charge in [0.15, 0.2) is 0 Å². The van der Waals surface area contributed by atoms with E-state index in [4.69, 9.17) is 0 Å². The van der Waals surface area contributed by atoms with Crippen molar-refractivity contribution in [1.29, 1.82) is 0 Å². The van der Waals surface area contributed by atoms with Crippen LogP contribution in [0.4, 0.5) is 5.69 Å². The Hall–Kier alpha value is -1.02. The molecule has 0 radical (unpaired) electrons. The van der Waals surface area contributed by atoms with Gasteiger partial charge < -0.3 is 10.2 Å². The van der Waals surface area contributed by atoms with Gasteiger partial charge in [-0.1, -0.05) is 38.5 Å². The second kappa shape index (κ2) is 6.42. The van der Waals surface area contributed by atoms with Crippen LogP contribution in [0.15, 0.2) is 18.2 Å². The summed E-state index contributed by atoms with van der Waals surface area (Å²) in [5.41, 5.74) is 4.23. The molecule has 0 fully saturated rings. The number of nitrogens with one attached hydrogen (secondary N) is 1. The van der Waals surface area contributed by atoms with Crippen molar-refractivity contribution in [2.75, 3.05) is 11.9 Å². The summed E-state index contributed by atoms with van der Waals surface area (Å²) in [7, 11) is 2.20. The van der Waals surface area contributed by atoms with E-state index in [1.807, 2.05) is 0 Å². The Balaban J connectivity index is 3.05. The minimum Gasteiger partial charge on any atom is -0.369 e. The predicted molar refractivity (Wildman–Crippen MR) is 85.9 cm³/mol. The van der Waals surface area contributed by atoms with Gasteiger partial charge in [0, 0.05) is 30.9 Å². The van der Waals surface area contributed by atoms with Gasteiger partial charge in [-0.2, -0.15) is 0 Å². The van der Waals surface area contributed by atoms with Crippen LogP contribution < -0.4 is 10.2 Å². The molecule has 19 heavy (non-hydrogen) atoms. The number of anilines is 1. The quantitative estimate of drug-likeness (QED) is 0.829. The van der Waals surface area contributed by atoms with Crippen molar-refractivity contribution in [3.05, 3.63) is 29.3 Å². The van der Waals surface area contributed by atoms with Gasteiger partial charge in [-0.25, -0.2) is 0 Å². The zero-order chi connectivity index (χ0) is 14.6. The SMILES string of the molecule is CCC(C)(C)N(C)c1ccc(C)cc1CNC(C)C. The van der Waals surface area contributed by atoms with Gasteiger partial charge in [0.2, 0.25) is 0 Å². The number of hydrogen-bond donors (Lipinski definition) is 1. The molecule has 0 spiro atoms. The molecule has 1 N–H and O–H groups in total. The Kier molecular flexibility index (Phi) is 5.42. The molecule has 0 heterocycles. The summed E-state index contributed by atoms with van der Waals surface area (Å²) in [6, 6.07) is 7.27. The van der Waals surface area contributed by atoms with E-state index in [9.17, 15) is 0 Å². The Morgan fingerprint density at radius 1 is 1.26 bits per heavy atom. The maximum Gasteiger partial charge on any atom is 0.0413 e. The van der Waals surface area contributed by atoms with Gasteiger partial charge in [0.1, 0.15) is 0 Å². The molecule has 0 bridgehead atoms. The van der Waals surface area contributed by atoms with E-state index in [-0.39, 0.29) is 5.54 Å². The fourth-order valence-corrected chi connectivity index (χ4v) is 2.06. The van der Waals surface area contributed by atoms with Crippen molar-refractivity contribution in [2.24, 2.45) is 0 Å². The summed E-state index contributed by atoms with van der Waals surface area (Å²) >= 11 is 0. The van der Waals surface area contributed by atoms with Crippen molar-refractivity contribution in [3.63, 3.8) is 0 Å². The normalized spacial score (nSPS) is 12.0. The Labute approximate surface area is 119 Å². The molecule has 0 aliphatic rings. The molecular weight excluding hydrogens is 232 g/mol.